The van der Waals surface area contributed by atoms with Gasteiger partial charge in [0.15, 0.2) is 0 Å². The molecule has 0 unspecified atom stereocenters. The Hall–Kier alpha value is -2.17. The van der Waals surface area contributed by atoms with Gasteiger partial charge >= 0.3 is 0 Å². The molecule has 0 fully saturated rings. The van der Waals surface area contributed by atoms with E-state index in [0.29, 0.717) is 19.4 Å². The molecule has 0 bridgehead atoms. The van der Waals surface area contributed by atoms with Crippen molar-refractivity contribution >= 4 is 17.6 Å². The third-order valence-corrected chi connectivity index (χ3v) is 2.75. The highest BCUT2D eigenvalue weighted by Crippen LogP contribution is 2.03. The van der Waals surface area contributed by atoms with Gasteiger partial charge in [0.25, 0.3) is 0 Å². The van der Waals surface area contributed by atoms with Crippen LogP contribution in [0.1, 0.15) is 25.8 Å². The van der Waals surface area contributed by atoms with E-state index in [1.165, 1.54) is 13.8 Å². The molecule has 0 aliphatic carbocycles. The molecule has 0 aromatic heterocycles. The minimum Gasteiger partial charge on any atom is -0.354 e. The van der Waals surface area contributed by atoms with Gasteiger partial charge in [-0.3, -0.25) is 14.4 Å². The van der Waals surface area contributed by atoms with Crippen LogP contribution < -0.4 is 10.6 Å². The van der Waals surface area contributed by atoms with Gasteiger partial charge in [0.1, 0.15) is 11.8 Å². The predicted octanol–water partition coefficient (Wildman–Crippen LogP) is 0.829. The average Bonchev–Trinajstić information content (AvgIpc) is 2.38. The summed E-state index contributed by atoms with van der Waals surface area (Å²) in [7, 11) is 0. The molecular weight excluding hydrogens is 256 g/mol. The Kier molecular flexibility index (Phi) is 6.43. The molecule has 2 N–H and O–H groups in total. The Bertz CT molecular complexity index is 471. The summed E-state index contributed by atoms with van der Waals surface area (Å²) in [6.45, 7) is 3.14. The van der Waals surface area contributed by atoms with Crippen LogP contribution in [0.3, 0.4) is 0 Å². The molecule has 1 atom stereocenters. The summed E-state index contributed by atoms with van der Waals surface area (Å²) >= 11 is 0. The van der Waals surface area contributed by atoms with E-state index < -0.39 is 6.04 Å². The Balaban J connectivity index is 2.61. The van der Waals surface area contributed by atoms with Crippen LogP contribution >= 0.6 is 0 Å². The molecule has 2 amide bonds. The van der Waals surface area contributed by atoms with E-state index in [1.807, 2.05) is 30.3 Å². The first-order valence-corrected chi connectivity index (χ1v) is 6.57. The van der Waals surface area contributed by atoms with Gasteiger partial charge in [0.2, 0.25) is 11.8 Å². The zero-order valence-electron chi connectivity index (χ0n) is 11.8. The molecule has 0 aliphatic heterocycles. The first-order valence-electron chi connectivity index (χ1n) is 6.57. The van der Waals surface area contributed by atoms with Crippen molar-refractivity contribution in [3.05, 3.63) is 35.9 Å². The van der Waals surface area contributed by atoms with Crippen molar-refractivity contribution in [1.82, 2.24) is 10.6 Å². The summed E-state index contributed by atoms with van der Waals surface area (Å²) in [4.78, 5) is 34.1. The highest BCUT2D eigenvalue weighted by atomic mass is 16.2. The Morgan fingerprint density at radius 2 is 1.75 bits per heavy atom. The monoisotopic (exact) mass is 276 g/mol. The molecule has 0 aliphatic rings. The van der Waals surface area contributed by atoms with Crippen LogP contribution in [0.5, 0.6) is 0 Å². The van der Waals surface area contributed by atoms with E-state index >= 15 is 0 Å². The molecule has 0 radical (unpaired) electrons. The van der Waals surface area contributed by atoms with Crippen molar-refractivity contribution in [3.8, 4) is 0 Å². The Labute approximate surface area is 118 Å². The number of carbonyl (C=O) groups is 3. The number of nitrogens with one attached hydrogen (secondary N) is 2. The largest absolute Gasteiger partial charge is 0.354 e. The van der Waals surface area contributed by atoms with Crippen molar-refractivity contribution in [3.63, 3.8) is 0 Å². The van der Waals surface area contributed by atoms with Gasteiger partial charge < -0.3 is 10.6 Å². The highest BCUT2D eigenvalue weighted by molar-refractivity contribution is 5.87. The fourth-order valence-corrected chi connectivity index (χ4v) is 1.79. The van der Waals surface area contributed by atoms with Crippen molar-refractivity contribution in [1.29, 1.82) is 0 Å². The normalized spacial score (nSPS) is 11.5. The molecule has 1 aromatic carbocycles. The minimum atomic E-state index is -0.623. The summed E-state index contributed by atoms with van der Waals surface area (Å²) in [6, 6.07) is 8.84. The number of benzene rings is 1. The van der Waals surface area contributed by atoms with Gasteiger partial charge in [-0.2, -0.15) is 0 Å². The predicted molar refractivity (Wildman–Crippen MR) is 76.1 cm³/mol. The molecule has 20 heavy (non-hydrogen) atoms. The second kappa shape index (κ2) is 8.09. The van der Waals surface area contributed by atoms with E-state index in [2.05, 4.69) is 10.6 Å². The second-order valence-electron chi connectivity index (χ2n) is 4.69. The molecule has 5 heteroatoms. The molecule has 0 spiro atoms. The van der Waals surface area contributed by atoms with Gasteiger partial charge in [0.05, 0.1) is 0 Å². The van der Waals surface area contributed by atoms with Gasteiger partial charge in [0, 0.05) is 26.3 Å². The van der Waals surface area contributed by atoms with Gasteiger partial charge in [-0.15, -0.1) is 0 Å². The third-order valence-electron chi connectivity index (χ3n) is 2.75. The third kappa shape index (κ3) is 6.13. The van der Waals surface area contributed by atoms with E-state index in [-0.39, 0.29) is 17.6 Å². The smallest absolute Gasteiger partial charge is 0.242 e. The van der Waals surface area contributed by atoms with Crippen molar-refractivity contribution in [2.75, 3.05) is 6.54 Å². The highest BCUT2D eigenvalue weighted by Gasteiger charge is 2.19. The van der Waals surface area contributed by atoms with E-state index in [9.17, 15) is 14.4 Å². The lowest BCUT2D eigenvalue weighted by Crippen LogP contribution is -2.47. The minimum absolute atomic E-state index is 0.0180. The van der Waals surface area contributed by atoms with Crippen LogP contribution in [0.15, 0.2) is 30.3 Å². The summed E-state index contributed by atoms with van der Waals surface area (Å²) in [5.74, 6) is -0.512. The lowest BCUT2D eigenvalue weighted by molar-refractivity contribution is -0.128. The van der Waals surface area contributed by atoms with E-state index in [0.717, 1.165) is 5.56 Å². The van der Waals surface area contributed by atoms with Crippen LogP contribution in [0, 0.1) is 0 Å². The second-order valence-corrected chi connectivity index (χ2v) is 4.69. The summed E-state index contributed by atoms with van der Waals surface area (Å²) in [6.07, 6.45) is 0.718. The van der Waals surface area contributed by atoms with Crippen LogP contribution in [-0.4, -0.2) is 30.2 Å². The number of rotatable bonds is 7. The number of Topliss-reactive ketones (excluding diaryl/α,β-unsaturated/α-hetero) is 1. The molecule has 0 heterocycles. The maximum atomic E-state index is 12.0. The van der Waals surface area contributed by atoms with Gasteiger partial charge in [-0.1, -0.05) is 30.3 Å². The zero-order chi connectivity index (χ0) is 15.0. The number of hydrogen-bond donors (Lipinski definition) is 2. The zero-order valence-corrected chi connectivity index (χ0v) is 11.8. The van der Waals surface area contributed by atoms with Gasteiger partial charge in [-0.05, 0) is 12.5 Å². The van der Waals surface area contributed by atoms with Crippen LogP contribution in [0.25, 0.3) is 0 Å². The molecule has 1 aromatic rings. The molecule has 108 valence electrons. The molecular formula is C15H20N2O3. The van der Waals surface area contributed by atoms with E-state index in [1.54, 1.807) is 0 Å². The number of carbonyl (C=O) groups excluding carboxylic acids is 3. The summed E-state index contributed by atoms with van der Waals surface area (Å²) < 4.78 is 0. The lowest BCUT2D eigenvalue weighted by atomic mass is 10.1. The standard InChI is InChI=1S/C15H20N2O3/c1-11(18)8-9-16-15(20)14(17-12(2)19)10-13-6-4-3-5-7-13/h3-7,14H,8-10H2,1-2H3,(H,16,20)(H,17,19)/t14-/m0/s1. The summed E-state index contributed by atoms with van der Waals surface area (Å²) in [5.41, 5.74) is 0.966. The van der Waals surface area contributed by atoms with Crippen LogP contribution in [0.2, 0.25) is 0 Å². The number of hydrogen-bond acceptors (Lipinski definition) is 3. The quantitative estimate of drug-likeness (QED) is 0.774. The van der Waals surface area contributed by atoms with Crippen LogP contribution in [0.4, 0.5) is 0 Å². The fourth-order valence-electron chi connectivity index (χ4n) is 1.79. The first-order chi connectivity index (χ1) is 9.49. The SMILES string of the molecule is CC(=O)CCNC(=O)[C@H](Cc1ccccc1)NC(C)=O. The van der Waals surface area contributed by atoms with Gasteiger partial charge in [-0.25, -0.2) is 0 Å². The number of ketones is 1. The first kappa shape index (κ1) is 15.9. The van der Waals surface area contributed by atoms with E-state index in [4.69, 9.17) is 0 Å². The van der Waals surface area contributed by atoms with Crippen molar-refractivity contribution in [2.45, 2.75) is 32.7 Å². The lowest BCUT2D eigenvalue weighted by Gasteiger charge is -2.17. The van der Waals surface area contributed by atoms with Crippen molar-refractivity contribution in [2.24, 2.45) is 0 Å². The maximum absolute atomic E-state index is 12.0. The Morgan fingerprint density at radius 1 is 1.10 bits per heavy atom. The van der Waals surface area contributed by atoms with Crippen molar-refractivity contribution < 1.29 is 14.4 Å². The maximum Gasteiger partial charge on any atom is 0.242 e. The van der Waals surface area contributed by atoms with Crippen LogP contribution in [-0.2, 0) is 20.8 Å². The molecule has 0 saturated heterocycles. The molecule has 5 nitrogen and oxygen atoms in total. The topological polar surface area (TPSA) is 75.3 Å². The average molecular weight is 276 g/mol. The fraction of sp³-hybridized carbons (Fsp3) is 0.400. The summed E-state index contributed by atoms with van der Waals surface area (Å²) in [5, 5.41) is 5.30. The molecule has 0 saturated carbocycles. The Morgan fingerprint density at radius 3 is 2.30 bits per heavy atom. The number of amides is 2. The molecule has 1 rings (SSSR count).